The maximum Gasteiger partial charge on any atom is 0.336 e. The number of ether oxygens (including phenoxy) is 5. The van der Waals surface area contributed by atoms with E-state index in [4.69, 9.17) is 23.7 Å². The number of hydrogen-bond donors (Lipinski definition) is 1. The van der Waals surface area contributed by atoms with Gasteiger partial charge in [-0.25, -0.2) is 4.79 Å². The third kappa shape index (κ3) is 4.95. The summed E-state index contributed by atoms with van der Waals surface area (Å²) in [4.78, 5) is 27.3. The summed E-state index contributed by atoms with van der Waals surface area (Å²) in [5.41, 5.74) is 3.41. The van der Waals surface area contributed by atoms with Crippen molar-refractivity contribution in [2.24, 2.45) is 5.92 Å². The van der Waals surface area contributed by atoms with Gasteiger partial charge in [-0.15, -0.1) is 0 Å². The third-order valence-electron chi connectivity index (χ3n) is 7.03. The summed E-state index contributed by atoms with van der Waals surface area (Å²) < 4.78 is 27.8. The monoisotopic (exact) mass is 521 g/mol. The lowest BCUT2D eigenvalue weighted by Crippen LogP contribution is -2.42. The fourth-order valence-corrected chi connectivity index (χ4v) is 5.41. The molecule has 4 rings (SSSR count). The summed E-state index contributed by atoms with van der Waals surface area (Å²) in [5, 5.41) is 3.36. The number of benzene rings is 2. The van der Waals surface area contributed by atoms with Crippen molar-refractivity contribution in [2.75, 3.05) is 28.4 Å². The van der Waals surface area contributed by atoms with E-state index in [9.17, 15) is 9.59 Å². The van der Waals surface area contributed by atoms with Crippen LogP contribution in [0.5, 0.6) is 23.0 Å². The molecule has 8 nitrogen and oxygen atoms in total. The van der Waals surface area contributed by atoms with Crippen LogP contribution >= 0.6 is 0 Å². The minimum atomic E-state index is -0.620. The minimum absolute atomic E-state index is 0.00649. The highest BCUT2D eigenvalue weighted by Crippen LogP contribution is 2.50. The molecule has 3 unspecified atom stereocenters. The SMILES string of the molecule is COc1ccc(C2C=C3NC(C)=C(C(=O)OC(C)C)C(c4cccc(OC)c4OC)C3C(=O)C2)cc1OC. The van der Waals surface area contributed by atoms with Gasteiger partial charge in [0, 0.05) is 35.2 Å². The molecular formula is C30H35NO7. The smallest absolute Gasteiger partial charge is 0.336 e. The average molecular weight is 522 g/mol. The molecule has 38 heavy (non-hydrogen) atoms. The van der Waals surface area contributed by atoms with Crippen LogP contribution in [0.4, 0.5) is 0 Å². The zero-order valence-corrected chi connectivity index (χ0v) is 22.9. The molecule has 1 aliphatic heterocycles. The Balaban J connectivity index is 1.87. The normalized spacial score (nSPS) is 20.8. The Bertz CT molecular complexity index is 1290. The number of esters is 1. The molecule has 3 atom stereocenters. The summed E-state index contributed by atoms with van der Waals surface area (Å²) in [6, 6.07) is 11.2. The quantitative estimate of drug-likeness (QED) is 0.491. The topological polar surface area (TPSA) is 92.3 Å². The summed E-state index contributed by atoms with van der Waals surface area (Å²) in [7, 11) is 6.29. The first-order valence-electron chi connectivity index (χ1n) is 12.6. The summed E-state index contributed by atoms with van der Waals surface area (Å²) in [5.74, 6) is 0.365. The van der Waals surface area contributed by atoms with E-state index in [-0.39, 0.29) is 24.2 Å². The molecule has 2 aromatic rings. The van der Waals surface area contributed by atoms with Crippen molar-refractivity contribution >= 4 is 11.8 Å². The van der Waals surface area contributed by atoms with Crippen LogP contribution in [-0.2, 0) is 14.3 Å². The number of nitrogens with one attached hydrogen (secondary N) is 1. The first kappa shape index (κ1) is 27.1. The molecule has 0 fully saturated rings. The molecule has 1 N–H and O–H groups in total. The molecule has 0 saturated carbocycles. The van der Waals surface area contributed by atoms with Gasteiger partial charge in [0.05, 0.1) is 46.0 Å². The van der Waals surface area contributed by atoms with Gasteiger partial charge in [-0.1, -0.05) is 24.3 Å². The van der Waals surface area contributed by atoms with Gasteiger partial charge in [0.2, 0.25) is 0 Å². The van der Waals surface area contributed by atoms with E-state index in [0.717, 1.165) is 11.3 Å². The van der Waals surface area contributed by atoms with Gasteiger partial charge >= 0.3 is 5.97 Å². The van der Waals surface area contributed by atoms with Crippen LogP contribution in [0.3, 0.4) is 0 Å². The highest BCUT2D eigenvalue weighted by molar-refractivity contribution is 5.96. The maximum atomic E-state index is 13.9. The molecule has 1 aliphatic carbocycles. The number of carbonyl (C=O) groups excluding carboxylic acids is 2. The van der Waals surface area contributed by atoms with E-state index in [0.29, 0.717) is 39.8 Å². The maximum absolute atomic E-state index is 13.9. The minimum Gasteiger partial charge on any atom is -0.493 e. The Morgan fingerprint density at radius 2 is 1.63 bits per heavy atom. The van der Waals surface area contributed by atoms with Gasteiger partial charge in [0.15, 0.2) is 23.0 Å². The van der Waals surface area contributed by atoms with Crippen molar-refractivity contribution in [2.45, 2.75) is 45.1 Å². The second-order valence-electron chi connectivity index (χ2n) is 9.67. The van der Waals surface area contributed by atoms with Crippen LogP contribution in [0.15, 0.2) is 59.4 Å². The summed E-state index contributed by atoms with van der Waals surface area (Å²) in [6.45, 7) is 5.43. The highest BCUT2D eigenvalue weighted by atomic mass is 16.5. The van der Waals surface area contributed by atoms with Gasteiger partial charge in [-0.2, -0.15) is 0 Å². The van der Waals surface area contributed by atoms with Crippen molar-refractivity contribution < 1.29 is 33.3 Å². The molecule has 202 valence electrons. The Labute approximate surface area is 223 Å². The lowest BCUT2D eigenvalue weighted by Gasteiger charge is -2.40. The van der Waals surface area contributed by atoms with E-state index < -0.39 is 17.8 Å². The average Bonchev–Trinajstić information content (AvgIpc) is 2.90. The number of methoxy groups -OCH3 is 4. The molecular weight excluding hydrogens is 486 g/mol. The number of allylic oxidation sites excluding steroid dienone is 3. The van der Waals surface area contributed by atoms with Crippen LogP contribution in [0, 0.1) is 5.92 Å². The van der Waals surface area contributed by atoms with Crippen molar-refractivity contribution in [3.05, 3.63) is 70.6 Å². The van der Waals surface area contributed by atoms with Crippen LogP contribution in [0.2, 0.25) is 0 Å². The molecule has 0 aromatic heterocycles. The van der Waals surface area contributed by atoms with E-state index >= 15 is 0 Å². The van der Waals surface area contributed by atoms with Crippen molar-refractivity contribution in [3.8, 4) is 23.0 Å². The third-order valence-corrected chi connectivity index (χ3v) is 7.03. The van der Waals surface area contributed by atoms with Gasteiger partial charge in [-0.05, 0) is 44.5 Å². The number of fused-ring (bicyclic) bond motifs is 1. The van der Waals surface area contributed by atoms with E-state index in [1.165, 1.54) is 0 Å². The molecule has 1 heterocycles. The number of rotatable bonds is 8. The van der Waals surface area contributed by atoms with E-state index in [1.54, 1.807) is 48.4 Å². The lowest BCUT2D eigenvalue weighted by atomic mass is 9.68. The molecule has 0 amide bonds. The summed E-state index contributed by atoms with van der Waals surface area (Å²) in [6.07, 6.45) is 2.02. The first-order chi connectivity index (χ1) is 18.2. The number of ketones is 1. The first-order valence-corrected chi connectivity index (χ1v) is 12.6. The fourth-order valence-electron chi connectivity index (χ4n) is 5.41. The van der Waals surface area contributed by atoms with Crippen LogP contribution < -0.4 is 24.3 Å². The predicted molar refractivity (Wildman–Crippen MR) is 143 cm³/mol. The largest absolute Gasteiger partial charge is 0.493 e. The Morgan fingerprint density at radius 3 is 2.26 bits per heavy atom. The molecule has 2 aromatic carbocycles. The van der Waals surface area contributed by atoms with Crippen molar-refractivity contribution in [1.29, 1.82) is 0 Å². The Hall–Kier alpha value is -3.94. The van der Waals surface area contributed by atoms with Gasteiger partial charge in [0.25, 0.3) is 0 Å². The molecule has 0 saturated heterocycles. The number of carbonyl (C=O) groups is 2. The van der Waals surface area contributed by atoms with Crippen molar-refractivity contribution in [3.63, 3.8) is 0 Å². The number of Topliss-reactive ketones (excluding diaryl/α,β-unsaturated/α-hetero) is 1. The number of para-hydroxylation sites is 1. The number of hydrogen-bond acceptors (Lipinski definition) is 8. The van der Waals surface area contributed by atoms with E-state index in [2.05, 4.69) is 11.4 Å². The lowest BCUT2D eigenvalue weighted by molar-refractivity contribution is -0.143. The Morgan fingerprint density at radius 1 is 0.921 bits per heavy atom. The standard InChI is InChI=1S/C30H35NO7/c1-16(2)38-30(33)26-17(3)31-21-13-19(18-11-12-23(34-4)25(15-18)36-6)14-22(32)28(21)27(26)20-9-8-10-24(35-5)29(20)37-7/h8-13,15-16,19,27-28,31H,14H2,1-7H3. The van der Waals surface area contributed by atoms with Gasteiger partial charge in [0.1, 0.15) is 5.78 Å². The van der Waals surface area contributed by atoms with Crippen LogP contribution in [-0.4, -0.2) is 46.3 Å². The molecule has 0 spiro atoms. The predicted octanol–water partition coefficient (Wildman–Crippen LogP) is 4.89. The van der Waals surface area contributed by atoms with E-state index in [1.807, 2.05) is 37.3 Å². The molecule has 0 bridgehead atoms. The van der Waals surface area contributed by atoms with Gasteiger partial charge < -0.3 is 29.0 Å². The van der Waals surface area contributed by atoms with Crippen LogP contribution in [0.25, 0.3) is 0 Å². The summed E-state index contributed by atoms with van der Waals surface area (Å²) >= 11 is 0. The van der Waals surface area contributed by atoms with Crippen molar-refractivity contribution in [1.82, 2.24) is 5.32 Å². The fraction of sp³-hybridized carbons (Fsp3) is 0.400. The zero-order valence-electron chi connectivity index (χ0n) is 22.9. The Kier molecular flexibility index (Phi) is 7.99. The second-order valence-corrected chi connectivity index (χ2v) is 9.67. The van der Waals surface area contributed by atoms with Crippen LogP contribution in [0.1, 0.15) is 50.2 Å². The van der Waals surface area contributed by atoms with Gasteiger partial charge in [-0.3, -0.25) is 4.79 Å². The molecule has 2 aliphatic rings. The molecule has 8 heteroatoms. The zero-order chi connectivity index (χ0) is 27.6. The second kappa shape index (κ2) is 11.2. The highest BCUT2D eigenvalue weighted by Gasteiger charge is 2.46. The molecule has 0 radical (unpaired) electrons.